The highest BCUT2D eigenvalue weighted by atomic mass is 32.2. The van der Waals surface area contributed by atoms with E-state index < -0.39 is 9.84 Å². The number of aromatic nitrogens is 1. The highest BCUT2D eigenvalue weighted by Crippen LogP contribution is 2.15. The molecule has 0 aliphatic heterocycles. The topological polar surface area (TPSA) is 73.0 Å². The van der Waals surface area contributed by atoms with Gasteiger partial charge in [0.2, 0.25) is 0 Å². The zero-order chi connectivity index (χ0) is 12.9. The molecule has 17 heavy (non-hydrogen) atoms. The molecule has 0 aliphatic carbocycles. The lowest BCUT2D eigenvalue weighted by Crippen LogP contribution is -2.14. The normalized spacial score (nSPS) is 13.6. The molecule has 0 saturated heterocycles. The molecular formula is C12H20N2O2S. The Morgan fingerprint density at radius 3 is 2.65 bits per heavy atom. The van der Waals surface area contributed by atoms with Crippen LogP contribution in [-0.2, 0) is 9.84 Å². The molecule has 5 heteroatoms. The molecule has 0 amide bonds. The second kappa shape index (κ2) is 6.12. The first-order valence-corrected chi connectivity index (χ1v) is 7.65. The summed E-state index contributed by atoms with van der Waals surface area (Å²) in [7, 11) is -2.88. The van der Waals surface area contributed by atoms with E-state index in [1.165, 1.54) is 0 Å². The number of hydrogen-bond acceptors (Lipinski definition) is 4. The molecule has 0 aliphatic rings. The van der Waals surface area contributed by atoms with Gasteiger partial charge in [0.05, 0.1) is 5.75 Å². The van der Waals surface area contributed by atoms with E-state index in [-0.39, 0.29) is 17.5 Å². The van der Waals surface area contributed by atoms with Crippen LogP contribution in [-0.4, -0.2) is 24.9 Å². The van der Waals surface area contributed by atoms with Crippen LogP contribution in [0.2, 0.25) is 0 Å². The third kappa shape index (κ3) is 4.83. The number of hydrogen-bond donors (Lipinski definition) is 1. The summed E-state index contributed by atoms with van der Waals surface area (Å²) in [5.74, 6) is 0.421. The fraction of sp³-hybridized carbons (Fsp3) is 0.583. The van der Waals surface area contributed by atoms with Gasteiger partial charge in [-0.15, -0.1) is 0 Å². The van der Waals surface area contributed by atoms with Crippen LogP contribution in [0.25, 0.3) is 0 Å². The minimum Gasteiger partial charge on any atom is -0.324 e. The van der Waals surface area contributed by atoms with Crippen LogP contribution >= 0.6 is 0 Å². The largest absolute Gasteiger partial charge is 0.324 e. The van der Waals surface area contributed by atoms with E-state index in [1.807, 2.05) is 19.1 Å². The molecule has 1 heterocycles. The molecule has 0 aromatic carbocycles. The number of aryl methyl sites for hydroxylation is 1. The van der Waals surface area contributed by atoms with Gasteiger partial charge in [0.15, 0.2) is 0 Å². The average molecular weight is 256 g/mol. The summed E-state index contributed by atoms with van der Waals surface area (Å²) in [5, 5.41) is 0. The molecule has 2 N–H and O–H groups in total. The Morgan fingerprint density at radius 2 is 2.12 bits per heavy atom. The Bertz CT molecular complexity index is 440. The van der Waals surface area contributed by atoms with Gasteiger partial charge in [-0.3, -0.25) is 4.98 Å². The maximum absolute atomic E-state index is 11.3. The molecule has 96 valence electrons. The molecule has 4 nitrogen and oxygen atoms in total. The molecule has 1 rings (SSSR count). The van der Waals surface area contributed by atoms with E-state index in [4.69, 9.17) is 5.73 Å². The maximum Gasteiger partial charge on any atom is 0.150 e. The molecule has 1 aromatic heterocycles. The van der Waals surface area contributed by atoms with Crippen molar-refractivity contribution in [1.29, 1.82) is 0 Å². The van der Waals surface area contributed by atoms with E-state index >= 15 is 0 Å². The molecule has 1 unspecified atom stereocenters. The Morgan fingerprint density at radius 1 is 1.41 bits per heavy atom. The minimum absolute atomic E-state index is 0.129. The molecule has 0 saturated carbocycles. The van der Waals surface area contributed by atoms with E-state index in [0.717, 1.165) is 11.3 Å². The SMILES string of the molecule is CCS(=O)(=O)CCCC(N)c1ccc(C)nc1. The van der Waals surface area contributed by atoms with Gasteiger partial charge in [-0.05, 0) is 31.4 Å². The van der Waals surface area contributed by atoms with Crippen LogP contribution < -0.4 is 5.73 Å². The second-order valence-corrected chi connectivity index (χ2v) is 6.69. The van der Waals surface area contributed by atoms with Gasteiger partial charge < -0.3 is 5.73 Å². The van der Waals surface area contributed by atoms with Crippen molar-refractivity contribution >= 4 is 9.84 Å². The summed E-state index contributed by atoms with van der Waals surface area (Å²) in [4.78, 5) is 4.17. The fourth-order valence-corrected chi connectivity index (χ4v) is 2.43. The predicted octanol–water partition coefficient (Wildman–Crippen LogP) is 1.60. The molecule has 1 aromatic rings. The quantitative estimate of drug-likeness (QED) is 0.839. The maximum atomic E-state index is 11.3. The van der Waals surface area contributed by atoms with Gasteiger partial charge in [0, 0.05) is 23.7 Å². The number of nitrogens with zero attached hydrogens (tertiary/aromatic N) is 1. The first-order valence-electron chi connectivity index (χ1n) is 5.83. The Kier molecular flexibility index (Phi) is 5.08. The number of rotatable bonds is 6. The van der Waals surface area contributed by atoms with Gasteiger partial charge in [0.25, 0.3) is 0 Å². The zero-order valence-corrected chi connectivity index (χ0v) is 11.2. The van der Waals surface area contributed by atoms with E-state index in [9.17, 15) is 8.42 Å². The Balaban J connectivity index is 2.45. The van der Waals surface area contributed by atoms with E-state index in [2.05, 4.69) is 4.98 Å². The molecule has 0 fully saturated rings. The van der Waals surface area contributed by atoms with E-state index in [0.29, 0.717) is 12.8 Å². The summed E-state index contributed by atoms with van der Waals surface area (Å²) in [6, 6.07) is 3.73. The van der Waals surface area contributed by atoms with Gasteiger partial charge >= 0.3 is 0 Å². The minimum atomic E-state index is -2.88. The van der Waals surface area contributed by atoms with Crippen molar-refractivity contribution in [3.8, 4) is 0 Å². The van der Waals surface area contributed by atoms with Crippen LogP contribution in [0.15, 0.2) is 18.3 Å². The highest BCUT2D eigenvalue weighted by molar-refractivity contribution is 7.91. The van der Waals surface area contributed by atoms with Gasteiger partial charge in [0.1, 0.15) is 9.84 Å². The summed E-state index contributed by atoms with van der Waals surface area (Å²) in [6.07, 6.45) is 3.03. The lowest BCUT2D eigenvalue weighted by molar-refractivity contribution is 0.583. The third-order valence-electron chi connectivity index (χ3n) is 2.77. The molecule has 1 atom stereocenters. The van der Waals surface area contributed by atoms with Gasteiger partial charge in [-0.2, -0.15) is 0 Å². The number of pyridine rings is 1. The first kappa shape index (κ1) is 14.1. The first-order chi connectivity index (χ1) is 7.94. The van der Waals surface area contributed by atoms with Crippen LogP contribution in [0.4, 0.5) is 0 Å². The monoisotopic (exact) mass is 256 g/mol. The standard InChI is InChI=1S/C12H20N2O2S/c1-3-17(15,16)8-4-5-12(13)11-7-6-10(2)14-9-11/h6-7,9,12H,3-5,8,13H2,1-2H3. The Labute approximate surface area is 103 Å². The van der Waals surface area contributed by atoms with Crippen LogP contribution in [0.1, 0.15) is 37.1 Å². The molecule has 0 bridgehead atoms. The van der Waals surface area contributed by atoms with Crippen molar-refractivity contribution in [3.05, 3.63) is 29.6 Å². The summed E-state index contributed by atoms with van der Waals surface area (Å²) < 4.78 is 22.6. The molecule has 0 spiro atoms. The molecular weight excluding hydrogens is 236 g/mol. The van der Waals surface area contributed by atoms with Crippen molar-refractivity contribution in [2.24, 2.45) is 5.73 Å². The smallest absolute Gasteiger partial charge is 0.150 e. The van der Waals surface area contributed by atoms with Crippen LogP contribution in [0.5, 0.6) is 0 Å². The fourth-order valence-electron chi connectivity index (χ4n) is 1.53. The van der Waals surface area contributed by atoms with Gasteiger partial charge in [-0.1, -0.05) is 13.0 Å². The number of sulfone groups is 1. The molecule has 0 radical (unpaired) electrons. The van der Waals surface area contributed by atoms with Crippen molar-refractivity contribution in [2.75, 3.05) is 11.5 Å². The van der Waals surface area contributed by atoms with Crippen molar-refractivity contribution in [1.82, 2.24) is 4.98 Å². The Hall–Kier alpha value is -0.940. The lowest BCUT2D eigenvalue weighted by atomic mass is 10.1. The second-order valence-electron chi connectivity index (χ2n) is 4.22. The summed E-state index contributed by atoms with van der Waals surface area (Å²) in [5.41, 5.74) is 7.90. The van der Waals surface area contributed by atoms with Crippen LogP contribution in [0.3, 0.4) is 0 Å². The van der Waals surface area contributed by atoms with Crippen LogP contribution in [0, 0.1) is 6.92 Å². The third-order valence-corrected chi connectivity index (χ3v) is 4.56. The average Bonchev–Trinajstić information content (AvgIpc) is 2.29. The predicted molar refractivity (Wildman–Crippen MR) is 69.5 cm³/mol. The lowest BCUT2D eigenvalue weighted by Gasteiger charge is -2.11. The zero-order valence-electron chi connectivity index (χ0n) is 10.4. The number of nitrogens with two attached hydrogens (primary N) is 1. The highest BCUT2D eigenvalue weighted by Gasteiger charge is 2.10. The summed E-state index contributed by atoms with van der Waals surface area (Å²) in [6.45, 7) is 3.59. The van der Waals surface area contributed by atoms with Gasteiger partial charge in [-0.25, -0.2) is 8.42 Å². The van der Waals surface area contributed by atoms with Crippen molar-refractivity contribution in [3.63, 3.8) is 0 Å². The van der Waals surface area contributed by atoms with Crippen molar-refractivity contribution in [2.45, 2.75) is 32.7 Å². The van der Waals surface area contributed by atoms with Crippen molar-refractivity contribution < 1.29 is 8.42 Å². The van der Waals surface area contributed by atoms with E-state index in [1.54, 1.807) is 13.1 Å². The summed E-state index contributed by atoms with van der Waals surface area (Å²) >= 11 is 0.